The molecule has 0 atom stereocenters. The minimum Gasteiger partial charge on any atom is -0.369 e. The van der Waals surface area contributed by atoms with Crippen molar-refractivity contribution in [3.05, 3.63) is 35.6 Å². The molecular weight excluding hydrogens is 366 g/mol. The number of benzene rings is 1. The predicted octanol–water partition coefficient (Wildman–Crippen LogP) is 5.36. The quantitative estimate of drug-likeness (QED) is 0.486. The van der Waals surface area contributed by atoms with Gasteiger partial charge in [0, 0.05) is 9.99 Å². The SMILES string of the molecule is CC(C)C1CCC(CI)(OCc2ccccc2F)CC1. The van der Waals surface area contributed by atoms with E-state index in [0.717, 1.165) is 29.1 Å². The largest absolute Gasteiger partial charge is 0.369 e. The Morgan fingerprint density at radius 3 is 2.50 bits per heavy atom. The molecule has 0 amide bonds. The Morgan fingerprint density at radius 2 is 1.95 bits per heavy atom. The molecule has 0 saturated heterocycles. The molecule has 0 radical (unpaired) electrons. The second-order valence-electron chi connectivity index (χ2n) is 6.28. The molecule has 1 nitrogen and oxygen atoms in total. The lowest BCUT2D eigenvalue weighted by molar-refractivity contribution is -0.0727. The maximum absolute atomic E-state index is 13.7. The van der Waals surface area contributed by atoms with E-state index in [1.165, 1.54) is 18.9 Å². The molecule has 20 heavy (non-hydrogen) atoms. The lowest BCUT2D eigenvalue weighted by Crippen LogP contribution is -2.39. The van der Waals surface area contributed by atoms with E-state index in [4.69, 9.17) is 4.74 Å². The zero-order valence-corrected chi connectivity index (χ0v) is 14.5. The van der Waals surface area contributed by atoms with Crippen molar-refractivity contribution in [1.29, 1.82) is 0 Å². The van der Waals surface area contributed by atoms with Gasteiger partial charge in [0.15, 0.2) is 0 Å². The molecular formula is C17H24FIO. The van der Waals surface area contributed by atoms with Gasteiger partial charge in [0.05, 0.1) is 12.2 Å². The highest BCUT2D eigenvalue weighted by molar-refractivity contribution is 14.1. The van der Waals surface area contributed by atoms with Crippen molar-refractivity contribution in [2.45, 2.75) is 51.7 Å². The highest BCUT2D eigenvalue weighted by Crippen LogP contribution is 2.39. The van der Waals surface area contributed by atoms with Crippen molar-refractivity contribution in [2.75, 3.05) is 4.43 Å². The molecule has 1 saturated carbocycles. The van der Waals surface area contributed by atoms with Crippen molar-refractivity contribution in [3.8, 4) is 0 Å². The van der Waals surface area contributed by atoms with Crippen molar-refractivity contribution < 1.29 is 9.13 Å². The topological polar surface area (TPSA) is 9.23 Å². The van der Waals surface area contributed by atoms with E-state index >= 15 is 0 Å². The van der Waals surface area contributed by atoms with E-state index in [9.17, 15) is 4.39 Å². The number of hydrogen-bond acceptors (Lipinski definition) is 1. The fourth-order valence-electron chi connectivity index (χ4n) is 3.00. The van der Waals surface area contributed by atoms with E-state index in [-0.39, 0.29) is 11.4 Å². The monoisotopic (exact) mass is 390 g/mol. The summed E-state index contributed by atoms with van der Waals surface area (Å²) in [5.74, 6) is 1.42. The summed E-state index contributed by atoms with van der Waals surface area (Å²) in [5.41, 5.74) is 0.622. The van der Waals surface area contributed by atoms with Gasteiger partial charge in [-0.25, -0.2) is 4.39 Å². The Morgan fingerprint density at radius 1 is 1.30 bits per heavy atom. The molecule has 0 N–H and O–H groups in total. The summed E-state index contributed by atoms with van der Waals surface area (Å²) in [7, 11) is 0. The maximum Gasteiger partial charge on any atom is 0.128 e. The molecule has 1 fully saturated rings. The Bertz CT molecular complexity index is 425. The van der Waals surface area contributed by atoms with Gasteiger partial charge in [-0.1, -0.05) is 54.6 Å². The van der Waals surface area contributed by atoms with Crippen molar-refractivity contribution in [3.63, 3.8) is 0 Å². The normalized spacial score (nSPS) is 26.9. The molecule has 0 unspecified atom stereocenters. The first kappa shape index (κ1) is 16.2. The maximum atomic E-state index is 13.7. The minimum atomic E-state index is -0.160. The summed E-state index contributed by atoms with van der Waals surface area (Å²) in [6.07, 6.45) is 4.68. The molecule has 0 heterocycles. The predicted molar refractivity (Wildman–Crippen MR) is 89.6 cm³/mol. The fraction of sp³-hybridized carbons (Fsp3) is 0.647. The Labute approximate surface area is 135 Å². The lowest BCUT2D eigenvalue weighted by atomic mass is 9.75. The number of rotatable bonds is 5. The third-order valence-electron chi connectivity index (χ3n) is 4.62. The van der Waals surface area contributed by atoms with Crippen LogP contribution in [0.25, 0.3) is 0 Å². The average Bonchev–Trinajstić information content (AvgIpc) is 2.47. The van der Waals surface area contributed by atoms with Crippen molar-refractivity contribution in [2.24, 2.45) is 11.8 Å². The molecule has 1 aromatic carbocycles. The van der Waals surface area contributed by atoms with Crippen LogP contribution in [0.2, 0.25) is 0 Å². The minimum absolute atomic E-state index is 0.0474. The fourth-order valence-corrected chi connectivity index (χ4v) is 3.98. The summed E-state index contributed by atoms with van der Waals surface area (Å²) in [4.78, 5) is 0. The Kier molecular flexibility index (Phi) is 5.84. The molecule has 1 aliphatic rings. The first-order chi connectivity index (χ1) is 9.56. The Balaban J connectivity index is 1.95. The molecule has 1 aromatic rings. The summed E-state index contributed by atoms with van der Waals surface area (Å²) in [6, 6.07) is 6.91. The number of halogens is 2. The molecule has 3 heteroatoms. The van der Waals surface area contributed by atoms with Crippen LogP contribution < -0.4 is 0 Å². The van der Waals surface area contributed by atoms with E-state index in [0.29, 0.717) is 12.2 Å². The van der Waals surface area contributed by atoms with Crippen molar-refractivity contribution in [1.82, 2.24) is 0 Å². The van der Waals surface area contributed by atoms with Crippen LogP contribution in [0.1, 0.15) is 45.1 Å². The molecule has 0 bridgehead atoms. The smallest absolute Gasteiger partial charge is 0.128 e. The van der Waals surface area contributed by atoms with Gasteiger partial charge < -0.3 is 4.74 Å². The van der Waals surface area contributed by atoms with E-state index < -0.39 is 0 Å². The van der Waals surface area contributed by atoms with Crippen LogP contribution in [0.5, 0.6) is 0 Å². The van der Waals surface area contributed by atoms with Gasteiger partial charge in [-0.15, -0.1) is 0 Å². The highest BCUT2D eigenvalue weighted by atomic mass is 127. The van der Waals surface area contributed by atoms with Gasteiger partial charge in [-0.2, -0.15) is 0 Å². The third kappa shape index (κ3) is 3.94. The van der Waals surface area contributed by atoms with Crippen LogP contribution in [0, 0.1) is 17.7 Å². The second kappa shape index (κ2) is 7.21. The summed E-state index contributed by atoms with van der Waals surface area (Å²) < 4.78 is 20.8. The van der Waals surface area contributed by atoms with Gasteiger partial charge in [0.25, 0.3) is 0 Å². The average molecular weight is 390 g/mol. The molecule has 0 aliphatic heterocycles. The van der Waals surface area contributed by atoms with Gasteiger partial charge >= 0.3 is 0 Å². The molecule has 2 rings (SSSR count). The second-order valence-corrected chi connectivity index (χ2v) is 7.04. The van der Waals surface area contributed by atoms with E-state index in [2.05, 4.69) is 36.4 Å². The highest BCUT2D eigenvalue weighted by Gasteiger charge is 2.36. The van der Waals surface area contributed by atoms with Gasteiger partial charge in [0.1, 0.15) is 5.82 Å². The lowest BCUT2D eigenvalue weighted by Gasteiger charge is -2.40. The van der Waals surface area contributed by atoms with Crippen LogP contribution in [-0.2, 0) is 11.3 Å². The third-order valence-corrected chi connectivity index (χ3v) is 6.01. The van der Waals surface area contributed by atoms with Crippen LogP contribution in [-0.4, -0.2) is 10.0 Å². The molecule has 1 aliphatic carbocycles. The standard InChI is InChI=1S/C17H24FIO/c1-13(2)14-7-9-17(12-19,10-8-14)20-11-15-5-3-4-6-16(15)18/h3-6,13-14H,7-12H2,1-2H3. The number of hydrogen-bond donors (Lipinski definition) is 0. The first-order valence-electron chi connectivity index (χ1n) is 7.50. The summed E-state index contributed by atoms with van der Waals surface area (Å²) >= 11 is 2.42. The van der Waals surface area contributed by atoms with E-state index in [1.807, 2.05) is 12.1 Å². The van der Waals surface area contributed by atoms with Crippen LogP contribution in [0.4, 0.5) is 4.39 Å². The molecule has 0 spiro atoms. The van der Waals surface area contributed by atoms with Gasteiger partial charge in [-0.3, -0.25) is 0 Å². The van der Waals surface area contributed by atoms with Crippen LogP contribution in [0.15, 0.2) is 24.3 Å². The summed E-state index contributed by atoms with van der Waals surface area (Å²) in [6.45, 7) is 5.01. The zero-order valence-electron chi connectivity index (χ0n) is 12.4. The zero-order chi connectivity index (χ0) is 14.6. The number of ether oxygens (including phenoxy) is 1. The summed E-state index contributed by atoms with van der Waals surface area (Å²) in [5, 5.41) is 0. The van der Waals surface area contributed by atoms with Gasteiger partial charge in [-0.05, 0) is 43.6 Å². The van der Waals surface area contributed by atoms with Crippen molar-refractivity contribution >= 4 is 22.6 Å². The van der Waals surface area contributed by atoms with Crippen LogP contribution >= 0.6 is 22.6 Å². The van der Waals surface area contributed by atoms with Gasteiger partial charge in [0.2, 0.25) is 0 Å². The van der Waals surface area contributed by atoms with Crippen LogP contribution in [0.3, 0.4) is 0 Å². The van der Waals surface area contributed by atoms with E-state index in [1.54, 1.807) is 6.07 Å². The Hall–Kier alpha value is -0.160. The molecule has 112 valence electrons. The number of alkyl halides is 1. The molecule has 0 aromatic heterocycles. The first-order valence-corrected chi connectivity index (χ1v) is 9.02.